The van der Waals surface area contributed by atoms with E-state index >= 15 is 0 Å². The van der Waals surface area contributed by atoms with Crippen molar-refractivity contribution in [2.45, 2.75) is 0 Å². The second-order valence-corrected chi connectivity index (χ2v) is 2.57. The number of carbonyl (C=O) groups excluding carboxylic acids is 1. The van der Waals surface area contributed by atoms with Gasteiger partial charge in [-0.3, -0.25) is 4.79 Å². The highest BCUT2D eigenvalue weighted by atomic mass is 19.1. The third-order valence-corrected chi connectivity index (χ3v) is 1.60. The number of carbonyl (C=O) groups is 1. The molecule has 0 bridgehead atoms. The molecule has 2 N–H and O–H groups in total. The van der Waals surface area contributed by atoms with E-state index in [0.717, 1.165) is 6.20 Å². The van der Waals surface area contributed by atoms with E-state index in [9.17, 15) is 9.18 Å². The number of methoxy groups -OCH3 is 1. The Labute approximate surface area is 85.9 Å². The van der Waals surface area contributed by atoms with Crippen molar-refractivity contribution in [2.75, 3.05) is 31.3 Å². The molecule has 6 nitrogen and oxygen atoms in total. The summed E-state index contributed by atoms with van der Waals surface area (Å²) in [4.78, 5) is 18.2. The lowest BCUT2D eigenvalue weighted by Crippen LogP contribution is -2.17. The average Bonchev–Trinajstić information content (AvgIpc) is 2.27. The fourth-order valence-corrected chi connectivity index (χ4v) is 0.840. The smallest absolute Gasteiger partial charge is 0.325 e. The Morgan fingerprint density at radius 1 is 1.67 bits per heavy atom. The molecule has 0 fully saturated rings. The number of halogens is 1. The second-order valence-electron chi connectivity index (χ2n) is 2.57. The van der Waals surface area contributed by atoms with Crippen LogP contribution in [0.15, 0.2) is 6.20 Å². The predicted octanol–water partition coefficient (Wildman–Crippen LogP) is 0.242. The lowest BCUT2D eigenvalue weighted by Gasteiger charge is -2.06. The van der Waals surface area contributed by atoms with Gasteiger partial charge in [-0.1, -0.05) is 0 Å². The molecule has 82 valence electrons. The number of nitrogens with one attached hydrogen (secondary N) is 2. The monoisotopic (exact) mass is 214 g/mol. The van der Waals surface area contributed by atoms with E-state index in [1.54, 1.807) is 7.05 Å². The number of esters is 1. The van der Waals surface area contributed by atoms with Crippen LogP contribution < -0.4 is 10.6 Å². The molecule has 15 heavy (non-hydrogen) atoms. The van der Waals surface area contributed by atoms with Gasteiger partial charge in [0.25, 0.3) is 0 Å². The quantitative estimate of drug-likeness (QED) is 0.699. The minimum absolute atomic E-state index is 0.0419. The molecule has 0 saturated heterocycles. The number of ether oxygens (including phenoxy) is 1. The van der Waals surface area contributed by atoms with Crippen molar-refractivity contribution in [3.05, 3.63) is 12.0 Å². The lowest BCUT2D eigenvalue weighted by atomic mass is 10.5. The Balaban J connectivity index is 2.70. The molecule has 1 rings (SSSR count). The molecule has 0 saturated carbocycles. The van der Waals surface area contributed by atoms with E-state index in [0.29, 0.717) is 0 Å². The van der Waals surface area contributed by atoms with Crippen LogP contribution in [0.25, 0.3) is 0 Å². The summed E-state index contributed by atoms with van der Waals surface area (Å²) in [5.74, 6) is -0.902. The Morgan fingerprint density at radius 3 is 3.00 bits per heavy atom. The van der Waals surface area contributed by atoms with Crippen LogP contribution in [-0.2, 0) is 9.53 Å². The van der Waals surface area contributed by atoms with Gasteiger partial charge in [-0.05, 0) is 0 Å². The molecule has 0 aliphatic rings. The summed E-state index contributed by atoms with van der Waals surface area (Å²) < 4.78 is 17.5. The van der Waals surface area contributed by atoms with E-state index in [-0.39, 0.29) is 18.3 Å². The highest BCUT2D eigenvalue weighted by Crippen LogP contribution is 2.10. The molecule has 0 aromatic carbocycles. The minimum atomic E-state index is -0.627. The zero-order valence-corrected chi connectivity index (χ0v) is 8.37. The summed E-state index contributed by atoms with van der Waals surface area (Å²) in [6.45, 7) is -0.145. The topological polar surface area (TPSA) is 76.1 Å². The van der Waals surface area contributed by atoms with Gasteiger partial charge in [-0.2, -0.15) is 4.98 Å². The number of hydrogen-bond donors (Lipinski definition) is 2. The fraction of sp³-hybridized carbons (Fsp3) is 0.375. The van der Waals surface area contributed by atoms with E-state index in [4.69, 9.17) is 0 Å². The lowest BCUT2D eigenvalue weighted by molar-refractivity contribution is -0.138. The van der Waals surface area contributed by atoms with Crippen LogP contribution >= 0.6 is 0 Å². The van der Waals surface area contributed by atoms with Gasteiger partial charge in [-0.25, -0.2) is 9.37 Å². The van der Waals surface area contributed by atoms with Crippen molar-refractivity contribution < 1.29 is 13.9 Å². The fourth-order valence-electron chi connectivity index (χ4n) is 0.840. The highest BCUT2D eigenvalue weighted by molar-refractivity contribution is 5.74. The number of anilines is 2. The van der Waals surface area contributed by atoms with Crippen molar-refractivity contribution >= 4 is 17.7 Å². The van der Waals surface area contributed by atoms with Crippen LogP contribution in [0.5, 0.6) is 0 Å². The van der Waals surface area contributed by atoms with Crippen LogP contribution in [0, 0.1) is 5.82 Å². The third kappa shape index (κ3) is 3.04. The van der Waals surface area contributed by atoms with Crippen LogP contribution in [0.2, 0.25) is 0 Å². The van der Waals surface area contributed by atoms with Crippen molar-refractivity contribution in [1.82, 2.24) is 9.97 Å². The van der Waals surface area contributed by atoms with E-state index in [1.165, 1.54) is 7.11 Å². The van der Waals surface area contributed by atoms with Crippen molar-refractivity contribution in [3.63, 3.8) is 0 Å². The Bertz CT molecular complexity index is 358. The second kappa shape index (κ2) is 5.08. The zero-order chi connectivity index (χ0) is 11.3. The van der Waals surface area contributed by atoms with Crippen molar-refractivity contribution in [2.24, 2.45) is 0 Å². The van der Waals surface area contributed by atoms with E-state index in [2.05, 4.69) is 25.3 Å². The molecule has 1 heterocycles. The first-order chi connectivity index (χ1) is 7.17. The van der Waals surface area contributed by atoms with Gasteiger partial charge in [0, 0.05) is 7.05 Å². The number of nitrogens with zero attached hydrogens (tertiary/aromatic N) is 2. The molecule has 1 aromatic rings. The molecule has 0 radical (unpaired) electrons. The van der Waals surface area contributed by atoms with Crippen LogP contribution in [-0.4, -0.2) is 36.6 Å². The predicted molar refractivity (Wildman–Crippen MR) is 52.0 cm³/mol. The van der Waals surface area contributed by atoms with E-state index < -0.39 is 11.8 Å². The normalized spacial score (nSPS) is 9.53. The maximum absolute atomic E-state index is 13.1. The minimum Gasteiger partial charge on any atom is -0.468 e. The SMILES string of the molecule is CNc1ncc(F)c(NCC(=O)OC)n1. The van der Waals surface area contributed by atoms with Gasteiger partial charge >= 0.3 is 5.97 Å². The summed E-state index contributed by atoms with van der Waals surface area (Å²) in [5.41, 5.74) is 0. The van der Waals surface area contributed by atoms with Gasteiger partial charge in [-0.15, -0.1) is 0 Å². The van der Waals surface area contributed by atoms with Crippen LogP contribution in [0.4, 0.5) is 16.2 Å². The Hall–Kier alpha value is -1.92. The van der Waals surface area contributed by atoms with Gasteiger partial charge in [0.05, 0.1) is 13.3 Å². The molecular formula is C8H11FN4O2. The summed E-state index contributed by atoms with van der Waals surface area (Å²) >= 11 is 0. The van der Waals surface area contributed by atoms with E-state index in [1.807, 2.05) is 0 Å². The van der Waals surface area contributed by atoms with Gasteiger partial charge in [0.15, 0.2) is 11.6 Å². The molecule has 7 heteroatoms. The maximum Gasteiger partial charge on any atom is 0.325 e. The molecule has 1 aromatic heterocycles. The van der Waals surface area contributed by atoms with Crippen molar-refractivity contribution in [3.8, 4) is 0 Å². The first-order valence-electron chi connectivity index (χ1n) is 4.18. The average molecular weight is 214 g/mol. The van der Waals surface area contributed by atoms with Gasteiger partial charge < -0.3 is 15.4 Å². The summed E-state index contributed by atoms with van der Waals surface area (Å²) in [7, 11) is 2.86. The standard InChI is InChI=1S/C8H11FN4O2/c1-10-8-12-3-5(9)7(13-8)11-4-6(14)15-2/h3H,4H2,1-2H3,(H2,10,11,12,13). The zero-order valence-electron chi connectivity index (χ0n) is 8.37. The molecule has 0 atom stereocenters. The molecule has 0 spiro atoms. The Morgan fingerprint density at radius 2 is 2.40 bits per heavy atom. The van der Waals surface area contributed by atoms with Crippen LogP contribution in [0.1, 0.15) is 0 Å². The summed E-state index contributed by atoms with van der Waals surface area (Å²) in [5, 5.41) is 5.15. The first kappa shape index (κ1) is 11.2. The third-order valence-electron chi connectivity index (χ3n) is 1.60. The first-order valence-corrected chi connectivity index (χ1v) is 4.18. The number of hydrogen-bond acceptors (Lipinski definition) is 6. The van der Waals surface area contributed by atoms with Gasteiger partial charge in [0.2, 0.25) is 5.95 Å². The molecule has 0 aliphatic heterocycles. The molecule has 0 amide bonds. The summed E-state index contributed by atoms with van der Waals surface area (Å²) in [6.07, 6.45) is 1.01. The summed E-state index contributed by atoms with van der Waals surface area (Å²) in [6, 6.07) is 0. The molecular weight excluding hydrogens is 203 g/mol. The highest BCUT2D eigenvalue weighted by Gasteiger charge is 2.07. The molecule has 0 aliphatic carbocycles. The maximum atomic E-state index is 13.1. The number of rotatable bonds is 4. The largest absolute Gasteiger partial charge is 0.468 e. The Kier molecular flexibility index (Phi) is 3.78. The number of aromatic nitrogens is 2. The van der Waals surface area contributed by atoms with Crippen molar-refractivity contribution in [1.29, 1.82) is 0 Å². The van der Waals surface area contributed by atoms with Crippen LogP contribution in [0.3, 0.4) is 0 Å². The molecule has 0 unspecified atom stereocenters. The van der Waals surface area contributed by atoms with Gasteiger partial charge in [0.1, 0.15) is 6.54 Å².